The van der Waals surface area contributed by atoms with Crippen molar-refractivity contribution in [3.8, 4) is 0 Å². The fourth-order valence-corrected chi connectivity index (χ4v) is 1.18. The summed E-state index contributed by atoms with van der Waals surface area (Å²) < 4.78 is 0. The molecule has 1 heteroatoms. The second-order valence-corrected chi connectivity index (χ2v) is 3.28. The van der Waals surface area contributed by atoms with Gasteiger partial charge in [0.05, 0.1) is 0 Å². The third-order valence-corrected chi connectivity index (χ3v) is 2.19. The molecule has 0 heterocycles. The van der Waals surface area contributed by atoms with Gasteiger partial charge in [0.25, 0.3) is 0 Å². The van der Waals surface area contributed by atoms with E-state index in [0.29, 0.717) is 0 Å². The Hall–Kier alpha value is 0.220. The molecule has 60 valence electrons. The van der Waals surface area contributed by atoms with Gasteiger partial charge in [-0.3, -0.25) is 0 Å². The standard InChI is InChI=1S/C9H17Br/c1-3-9(4-2)7-5-6-8-10/h5,7,9H,3-4,6,8H2,1-2H3. The highest BCUT2D eigenvalue weighted by atomic mass is 79.9. The molecule has 0 amide bonds. The first kappa shape index (κ1) is 10.2. The first-order chi connectivity index (χ1) is 4.85. The minimum Gasteiger partial charge on any atom is -0.0925 e. The molecule has 0 unspecified atom stereocenters. The van der Waals surface area contributed by atoms with Crippen molar-refractivity contribution in [3.05, 3.63) is 12.2 Å². The molecular formula is C9H17Br. The van der Waals surface area contributed by atoms with Crippen LogP contribution >= 0.6 is 15.9 Å². The Labute approximate surface area is 72.8 Å². The average molecular weight is 205 g/mol. The minimum absolute atomic E-state index is 0.805. The molecule has 0 radical (unpaired) electrons. The van der Waals surface area contributed by atoms with E-state index in [1.165, 1.54) is 12.8 Å². The summed E-state index contributed by atoms with van der Waals surface area (Å²) in [5.41, 5.74) is 0. The highest BCUT2D eigenvalue weighted by Crippen LogP contribution is 2.09. The van der Waals surface area contributed by atoms with Crippen molar-refractivity contribution in [1.29, 1.82) is 0 Å². The number of alkyl halides is 1. The molecule has 0 spiro atoms. The zero-order valence-corrected chi connectivity index (χ0v) is 8.52. The normalized spacial score (nSPS) is 11.6. The predicted molar refractivity (Wildman–Crippen MR) is 51.6 cm³/mol. The maximum Gasteiger partial charge on any atom is 0.00659 e. The molecule has 0 aromatic heterocycles. The van der Waals surface area contributed by atoms with Gasteiger partial charge < -0.3 is 0 Å². The van der Waals surface area contributed by atoms with E-state index >= 15 is 0 Å². The van der Waals surface area contributed by atoms with Crippen LogP contribution in [0.3, 0.4) is 0 Å². The number of rotatable bonds is 5. The van der Waals surface area contributed by atoms with Gasteiger partial charge in [-0.2, -0.15) is 0 Å². The lowest BCUT2D eigenvalue weighted by Crippen LogP contribution is -1.89. The molecule has 0 aromatic carbocycles. The van der Waals surface area contributed by atoms with E-state index in [4.69, 9.17) is 0 Å². The SMILES string of the molecule is CCC(C=CCCBr)CC. The summed E-state index contributed by atoms with van der Waals surface area (Å²) in [7, 11) is 0. The molecule has 10 heavy (non-hydrogen) atoms. The third kappa shape index (κ3) is 5.04. The first-order valence-corrected chi connectivity index (χ1v) is 5.19. The van der Waals surface area contributed by atoms with Crippen LogP contribution in [0.15, 0.2) is 12.2 Å². The largest absolute Gasteiger partial charge is 0.0925 e. The van der Waals surface area contributed by atoms with Crippen LogP contribution in [0, 0.1) is 5.92 Å². The van der Waals surface area contributed by atoms with Crippen LogP contribution in [0.25, 0.3) is 0 Å². The summed E-state index contributed by atoms with van der Waals surface area (Å²) >= 11 is 3.39. The lowest BCUT2D eigenvalue weighted by molar-refractivity contribution is 0.604. The highest BCUT2D eigenvalue weighted by Gasteiger charge is 1.94. The summed E-state index contributed by atoms with van der Waals surface area (Å²) in [6.45, 7) is 4.49. The van der Waals surface area contributed by atoms with Crippen LogP contribution in [0.4, 0.5) is 0 Å². The van der Waals surface area contributed by atoms with Crippen LogP contribution in [0.5, 0.6) is 0 Å². The number of hydrogen-bond donors (Lipinski definition) is 0. The van der Waals surface area contributed by atoms with Gasteiger partial charge in [0.15, 0.2) is 0 Å². The monoisotopic (exact) mass is 204 g/mol. The molecule has 0 aliphatic heterocycles. The predicted octanol–water partition coefficient (Wildman–Crippen LogP) is 3.76. The smallest absolute Gasteiger partial charge is 0.00659 e. The van der Waals surface area contributed by atoms with Crippen molar-refractivity contribution < 1.29 is 0 Å². The molecule has 0 atom stereocenters. The Balaban J connectivity index is 3.40. The Kier molecular flexibility index (Phi) is 7.49. The van der Waals surface area contributed by atoms with Crippen molar-refractivity contribution in [3.63, 3.8) is 0 Å². The van der Waals surface area contributed by atoms with Gasteiger partial charge in [-0.05, 0) is 25.2 Å². The topological polar surface area (TPSA) is 0 Å². The van der Waals surface area contributed by atoms with Gasteiger partial charge >= 0.3 is 0 Å². The van der Waals surface area contributed by atoms with E-state index in [1.54, 1.807) is 0 Å². The Morgan fingerprint density at radius 1 is 1.30 bits per heavy atom. The van der Waals surface area contributed by atoms with Crippen molar-refractivity contribution in [1.82, 2.24) is 0 Å². The summed E-state index contributed by atoms with van der Waals surface area (Å²) in [5, 5.41) is 1.09. The Bertz CT molecular complexity index is 82.7. The van der Waals surface area contributed by atoms with E-state index in [9.17, 15) is 0 Å². The van der Waals surface area contributed by atoms with Gasteiger partial charge in [-0.1, -0.05) is 41.9 Å². The molecule has 0 nitrogen and oxygen atoms in total. The van der Waals surface area contributed by atoms with E-state index in [-0.39, 0.29) is 0 Å². The first-order valence-electron chi connectivity index (χ1n) is 4.07. The zero-order valence-electron chi connectivity index (χ0n) is 6.94. The van der Waals surface area contributed by atoms with Crippen molar-refractivity contribution in [2.24, 2.45) is 5.92 Å². The van der Waals surface area contributed by atoms with E-state index in [0.717, 1.165) is 17.7 Å². The fourth-order valence-electron chi connectivity index (χ4n) is 0.913. The second-order valence-electron chi connectivity index (χ2n) is 2.48. The molecule has 0 aliphatic carbocycles. The number of allylic oxidation sites excluding steroid dienone is 2. The molecule has 0 N–H and O–H groups in total. The van der Waals surface area contributed by atoms with E-state index < -0.39 is 0 Å². The lowest BCUT2D eigenvalue weighted by Gasteiger charge is -2.03. The van der Waals surface area contributed by atoms with Crippen LogP contribution < -0.4 is 0 Å². The van der Waals surface area contributed by atoms with Crippen molar-refractivity contribution >= 4 is 15.9 Å². The van der Waals surface area contributed by atoms with Gasteiger partial charge in [0.2, 0.25) is 0 Å². The third-order valence-electron chi connectivity index (χ3n) is 1.73. The summed E-state index contributed by atoms with van der Waals surface area (Å²) in [6, 6.07) is 0. The molecule has 0 saturated heterocycles. The van der Waals surface area contributed by atoms with Gasteiger partial charge in [-0.15, -0.1) is 0 Å². The maximum atomic E-state index is 3.39. The molecule has 0 fully saturated rings. The summed E-state index contributed by atoms with van der Waals surface area (Å²) in [4.78, 5) is 0. The van der Waals surface area contributed by atoms with Crippen molar-refractivity contribution in [2.75, 3.05) is 5.33 Å². The van der Waals surface area contributed by atoms with E-state index in [2.05, 4.69) is 41.9 Å². The molecule has 0 bridgehead atoms. The van der Waals surface area contributed by atoms with Crippen LogP contribution in [0.2, 0.25) is 0 Å². The fraction of sp³-hybridized carbons (Fsp3) is 0.778. The Morgan fingerprint density at radius 3 is 2.30 bits per heavy atom. The zero-order chi connectivity index (χ0) is 7.82. The van der Waals surface area contributed by atoms with Crippen LogP contribution in [-0.4, -0.2) is 5.33 Å². The van der Waals surface area contributed by atoms with Crippen molar-refractivity contribution in [2.45, 2.75) is 33.1 Å². The second kappa shape index (κ2) is 7.33. The molecule has 0 aromatic rings. The highest BCUT2D eigenvalue weighted by molar-refractivity contribution is 9.09. The van der Waals surface area contributed by atoms with Crippen LogP contribution in [0.1, 0.15) is 33.1 Å². The quantitative estimate of drug-likeness (QED) is 0.473. The van der Waals surface area contributed by atoms with Gasteiger partial charge in [0.1, 0.15) is 0 Å². The number of halogens is 1. The molecule has 0 rings (SSSR count). The molecule has 0 aliphatic rings. The molecular weight excluding hydrogens is 188 g/mol. The Morgan fingerprint density at radius 2 is 1.90 bits per heavy atom. The number of hydrogen-bond acceptors (Lipinski definition) is 0. The summed E-state index contributed by atoms with van der Waals surface area (Å²) in [6.07, 6.45) is 8.31. The van der Waals surface area contributed by atoms with Gasteiger partial charge in [0, 0.05) is 5.33 Å². The maximum absolute atomic E-state index is 3.39. The minimum atomic E-state index is 0.805. The lowest BCUT2D eigenvalue weighted by atomic mass is 10.0. The summed E-state index contributed by atoms with van der Waals surface area (Å²) in [5.74, 6) is 0.805. The molecule has 0 saturated carbocycles. The van der Waals surface area contributed by atoms with Crippen LogP contribution in [-0.2, 0) is 0 Å². The average Bonchev–Trinajstić information content (AvgIpc) is 1.99. The van der Waals surface area contributed by atoms with Gasteiger partial charge in [-0.25, -0.2) is 0 Å². The van der Waals surface area contributed by atoms with E-state index in [1.807, 2.05) is 0 Å².